The molecule has 0 bridgehead atoms. The minimum Gasteiger partial charge on any atom is -0.508 e. The zero-order valence-electron chi connectivity index (χ0n) is 13.0. The van der Waals surface area contributed by atoms with E-state index < -0.39 is 0 Å². The van der Waals surface area contributed by atoms with E-state index in [1.165, 1.54) is 0 Å². The molecule has 0 unspecified atom stereocenters. The van der Waals surface area contributed by atoms with Gasteiger partial charge in [-0.05, 0) is 31.5 Å². The highest BCUT2D eigenvalue weighted by atomic mass is 32.1. The number of aryl methyl sites for hydroxylation is 1. The maximum absolute atomic E-state index is 9.47. The largest absolute Gasteiger partial charge is 0.508 e. The molecule has 0 radical (unpaired) electrons. The molecule has 2 aromatic rings. The van der Waals surface area contributed by atoms with E-state index in [4.69, 9.17) is 0 Å². The number of benzene rings is 1. The van der Waals surface area contributed by atoms with E-state index in [9.17, 15) is 5.11 Å². The van der Waals surface area contributed by atoms with Crippen molar-refractivity contribution >= 4 is 17.3 Å². The Kier molecular flexibility index (Phi) is 6.21. The molecule has 3 N–H and O–H groups in total. The monoisotopic (exact) mass is 318 g/mol. The van der Waals surface area contributed by atoms with Crippen molar-refractivity contribution in [1.29, 1.82) is 0 Å². The predicted molar refractivity (Wildman–Crippen MR) is 91.5 cm³/mol. The van der Waals surface area contributed by atoms with Crippen LogP contribution >= 0.6 is 11.3 Å². The minimum absolute atomic E-state index is 0.268. The van der Waals surface area contributed by atoms with Gasteiger partial charge in [-0.25, -0.2) is 9.98 Å². The van der Waals surface area contributed by atoms with Gasteiger partial charge >= 0.3 is 0 Å². The van der Waals surface area contributed by atoms with Crippen LogP contribution in [0.1, 0.15) is 23.2 Å². The topological polar surface area (TPSA) is 69.5 Å². The van der Waals surface area contributed by atoms with Crippen molar-refractivity contribution in [1.82, 2.24) is 15.6 Å². The third kappa shape index (κ3) is 5.37. The third-order valence-corrected chi connectivity index (χ3v) is 3.84. The molecule has 6 heteroatoms. The highest BCUT2D eigenvalue weighted by molar-refractivity contribution is 7.09. The van der Waals surface area contributed by atoms with E-state index in [1.807, 2.05) is 26.0 Å². The number of nitrogens with zero attached hydrogens (tertiary/aromatic N) is 2. The van der Waals surface area contributed by atoms with Gasteiger partial charge < -0.3 is 15.7 Å². The van der Waals surface area contributed by atoms with E-state index in [-0.39, 0.29) is 5.75 Å². The lowest BCUT2D eigenvalue weighted by atomic mass is 10.2. The van der Waals surface area contributed by atoms with Crippen LogP contribution in [-0.4, -0.2) is 29.1 Å². The molecule has 0 saturated carbocycles. The zero-order chi connectivity index (χ0) is 15.8. The van der Waals surface area contributed by atoms with Crippen LogP contribution in [0.3, 0.4) is 0 Å². The van der Waals surface area contributed by atoms with Crippen LogP contribution < -0.4 is 10.6 Å². The lowest BCUT2D eigenvalue weighted by molar-refractivity contribution is 0.474. The molecule has 118 valence electrons. The molecule has 0 spiro atoms. The molecular weight excluding hydrogens is 296 g/mol. The van der Waals surface area contributed by atoms with E-state index in [0.29, 0.717) is 6.54 Å². The Morgan fingerprint density at radius 2 is 2.23 bits per heavy atom. The number of phenols is 1. The molecule has 0 amide bonds. The summed E-state index contributed by atoms with van der Waals surface area (Å²) < 4.78 is 0. The number of thiazole rings is 1. The molecule has 0 fully saturated rings. The number of guanidine groups is 1. The third-order valence-electron chi connectivity index (χ3n) is 3.01. The van der Waals surface area contributed by atoms with Crippen molar-refractivity contribution in [3.05, 3.63) is 45.9 Å². The number of aromatic nitrogens is 1. The zero-order valence-corrected chi connectivity index (χ0v) is 13.8. The van der Waals surface area contributed by atoms with E-state index in [2.05, 4.69) is 26.0 Å². The van der Waals surface area contributed by atoms with Gasteiger partial charge in [0, 0.05) is 24.9 Å². The van der Waals surface area contributed by atoms with Gasteiger partial charge in [0.2, 0.25) is 0 Å². The summed E-state index contributed by atoms with van der Waals surface area (Å²) >= 11 is 1.67. The van der Waals surface area contributed by atoms with Crippen LogP contribution in [0.5, 0.6) is 5.75 Å². The second-order valence-electron chi connectivity index (χ2n) is 4.90. The summed E-state index contributed by atoms with van der Waals surface area (Å²) in [5.74, 6) is 1.04. The average Bonchev–Trinajstić information content (AvgIpc) is 2.90. The average molecular weight is 318 g/mol. The van der Waals surface area contributed by atoms with Gasteiger partial charge in [0.25, 0.3) is 0 Å². The van der Waals surface area contributed by atoms with Crippen molar-refractivity contribution in [3.63, 3.8) is 0 Å². The van der Waals surface area contributed by atoms with Crippen LogP contribution in [0.25, 0.3) is 0 Å². The fraction of sp³-hybridized carbons (Fsp3) is 0.375. The summed E-state index contributed by atoms with van der Waals surface area (Å²) in [6, 6.07) is 7.16. The first-order chi connectivity index (χ1) is 10.7. The smallest absolute Gasteiger partial charge is 0.191 e. The fourth-order valence-electron chi connectivity index (χ4n) is 2.00. The molecule has 2 rings (SSSR count). The Hall–Kier alpha value is -2.08. The van der Waals surface area contributed by atoms with Gasteiger partial charge in [0.05, 0.1) is 17.2 Å². The van der Waals surface area contributed by atoms with Crippen molar-refractivity contribution in [2.75, 3.05) is 13.1 Å². The maximum atomic E-state index is 9.47. The normalized spacial score (nSPS) is 11.5. The molecule has 0 aliphatic rings. The Balaban J connectivity index is 1.86. The van der Waals surface area contributed by atoms with E-state index in [1.54, 1.807) is 23.5 Å². The Bertz CT molecular complexity index is 624. The first kappa shape index (κ1) is 16.3. The SMILES string of the molecule is CCNC(=NCc1cccc(O)c1)NCCc1csc(C)n1. The van der Waals surface area contributed by atoms with Crippen molar-refractivity contribution in [2.24, 2.45) is 4.99 Å². The van der Waals surface area contributed by atoms with E-state index >= 15 is 0 Å². The highest BCUT2D eigenvalue weighted by Crippen LogP contribution is 2.11. The van der Waals surface area contributed by atoms with Gasteiger partial charge in [-0.3, -0.25) is 0 Å². The summed E-state index contributed by atoms with van der Waals surface area (Å²) in [7, 11) is 0. The molecular formula is C16H22N4OS. The summed E-state index contributed by atoms with van der Waals surface area (Å²) in [4.78, 5) is 8.97. The van der Waals surface area contributed by atoms with Crippen molar-refractivity contribution in [2.45, 2.75) is 26.8 Å². The van der Waals surface area contributed by atoms with Crippen LogP contribution in [-0.2, 0) is 13.0 Å². The first-order valence-electron chi connectivity index (χ1n) is 7.38. The van der Waals surface area contributed by atoms with Crippen molar-refractivity contribution < 1.29 is 5.11 Å². The summed E-state index contributed by atoms with van der Waals surface area (Å²) in [6.45, 7) is 6.17. The molecule has 22 heavy (non-hydrogen) atoms. The van der Waals surface area contributed by atoms with E-state index in [0.717, 1.165) is 41.7 Å². The van der Waals surface area contributed by atoms with Gasteiger partial charge in [-0.2, -0.15) is 0 Å². The van der Waals surface area contributed by atoms with Gasteiger partial charge in [0.15, 0.2) is 5.96 Å². The number of aliphatic imine (C=N–C) groups is 1. The molecule has 0 atom stereocenters. The lowest BCUT2D eigenvalue weighted by Gasteiger charge is -2.10. The summed E-state index contributed by atoms with van der Waals surface area (Å²) in [5.41, 5.74) is 2.09. The standard InChI is InChI=1S/C16H22N4OS/c1-3-17-16(18-8-7-14-11-22-12(2)20-14)19-10-13-5-4-6-15(21)9-13/h4-6,9,11,21H,3,7-8,10H2,1-2H3,(H2,17,18,19). The number of aromatic hydroxyl groups is 1. The highest BCUT2D eigenvalue weighted by Gasteiger charge is 2.01. The number of hydrogen-bond acceptors (Lipinski definition) is 4. The Morgan fingerprint density at radius 1 is 1.36 bits per heavy atom. The van der Waals surface area contributed by atoms with Gasteiger partial charge in [0.1, 0.15) is 5.75 Å². The number of hydrogen-bond donors (Lipinski definition) is 3. The molecule has 1 aromatic heterocycles. The van der Waals surface area contributed by atoms with Crippen LogP contribution in [0.2, 0.25) is 0 Å². The molecule has 0 aliphatic heterocycles. The summed E-state index contributed by atoms with van der Waals surface area (Å²) in [5, 5.41) is 19.2. The second kappa shape index (κ2) is 8.38. The second-order valence-corrected chi connectivity index (χ2v) is 5.96. The number of phenolic OH excluding ortho intramolecular Hbond substituents is 1. The van der Waals surface area contributed by atoms with Crippen LogP contribution in [0.15, 0.2) is 34.6 Å². The molecule has 0 saturated heterocycles. The molecule has 1 aromatic carbocycles. The quantitative estimate of drug-likeness (QED) is 0.565. The fourth-order valence-corrected chi connectivity index (χ4v) is 2.65. The number of rotatable bonds is 6. The summed E-state index contributed by atoms with van der Waals surface area (Å²) in [6.07, 6.45) is 0.876. The Labute approximate surface area is 135 Å². The first-order valence-corrected chi connectivity index (χ1v) is 8.26. The van der Waals surface area contributed by atoms with Crippen molar-refractivity contribution in [3.8, 4) is 5.75 Å². The Morgan fingerprint density at radius 3 is 2.91 bits per heavy atom. The van der Waals surface area contributed by atoms with Gasteiger partial charge in [-0.1, -0.05) is 12.1 Å². The predicted octanol–water partition coefficient (Wildman–Crippen LogP) is 2.45. The van der Waals surface area contributed by atoms with Crippen LogP contribution in [0, 0.1) is 6.92 Å². The molecule has 0 aliphatic carbocycles. The van der Waals surface area contributed by atoms with Gasteiger partial charge in [-0.15, -0.1) is 11.3 Å². The minimum atomic E-state index is 0.268. The molecule has 5 nitrogen and oxygen atoms in total. The lowest BCUT2D eigenvalue weighted by Crippen LogP contribution is -2.38. The van der Waals surface area contributed by atoms with Crippen LogP contribution in [0.4, 0.5) is 0 Å². The number of nitrogens with one attached hydrogen (secondary N) is 2. The molecule has 1 heterocycles. The maximum Gasteiger partial charge on any atom is 0.191 e.